The molecule has 4 nitrogen and oxygen atoms in total. The zero-order valence-electron chi connectivity index (χ0n) is 12.0. The average molecular weight is 296 g/mol. The molecule has 2 unspecified atom stereocenters. The molecule has 114 valence electrons. The third kappa shape index (κ3) is 2.42. The number of nitrogens with zero attached hydrogens (tertiary/aromatic N) is 1. The van der Waals surface area contributed by atoms with Crippen molar-refractivity contribution in [2.45, 2.75) is 37.8 Å². The molecule has 1 N–H and O–H groups in total. The number of benzene rings is 1. The van der Waals surface area contributed by atoms with Crippen molar-refractivity contribution in [3.05, 3.63) is 28.8 Å². The molecule has 1 aromatic carbocycles. The second-order valence-electron chi connectivity index (χ2n) is 5.74. The number of rotatable bonds is 2. The second kappa shape index (κ2) is 5.03. The number of hydrazine groups is 1. The van der Waals surface area contributed by atoms with Crippen molar-refractivity contribution in [3.8, 4) is 5.75 Å². The van der Waals surface area contributed by atoms with Crippen molar-refractivity contribution in [3.63, 3.8) is 0 Å². The summed E-state index contributed by atoms with van der Waals surface area (Å²) in [6, 6.07) is 2.86. The van der Waals surface area contributed by atoms with Crippen LogP contribution in [0.2, 0.25) is 0 Å². The highest BCUT2D eigenvalue weighted by atomic mass is 19.3. The van der Waals surface area contributed by atoms with Gasteiger partial charge in [0.15, 0.2) is 0 Å². The Hall–Kier alpha value is -1.53. The molecule has 21 heavy (non-hydrogen) atoms. The van der Waals surface area contributed by atoms with Gasteiger partial charge in [-0.2, -0.15) is 0 Å². The van der Waals surface area contributed by atoms with Crippen molar-refractivity contribution < 1.29 is 18.3 Å². The lowest BCUT2D eigenvalue weighted by Crippen LogP contribution is -2.34. The summed E-state index contributed by atoms with van der Waals surface area (Å²) in [5, 5.41) is 1.82. The maximum atomic E-state index is 14.1. The Kier molecular flexibility index (Phi) is 3.45. The van der Waals surface area contributed by atoms with E-state index in [-0.39, 0.29) is 36.4 Å². The van der Waals surface area contributed by atoms with E-state index in [9.17, 15) is 13.6 Å². The summed E-state index contributed by atoms with van der Waals surface area (Å²) in [4.78, 5) is 10.9. The summed E-state index contributed by atoms with van der Waals surface area (Å²) in [7, 11) is 1.82. The second-order valence-corrected chi connectivity index (χ2v) is 5.74. The number of aryl methyl sites for hydroxylation is 1. The van der Waals surface area contributed by atoms with Gasteiger partial charge in [0.1, 0.15) is 12.0 Å². The van der Waals surface area contributed by atoms with Crippen molar-refractivity contribution in [2.75, 3.05) is 13.7 Å². The van der Waals surface area contributed by atoms with Crippen LogP contribution in [0.4, 0.5) is 8.78 Å². The molecule has 1 fully saturated rings. The normalized spacial score (nSPS) is 28.0. The molecule has 0 spiro atoms. The van der Waals surface area contributed by atoms with Crippen LogP contribution in [0.1, 0.15) is 35.6 Å². The van der Waals surface area contributed by atoms with Gasteiger partial charge in [0.2, 0.25) is 0 Å². The maximum absolute atomic E-state index is 14.1. The zero-order valence-corrected chi connectivity index (χ0v) is 12.0. The third-order valence-electron chi connectivity index (χ3n) is 4.27. The monoisotopic (exact) mass is 296 g/mol. The van der Waals surface area contributed by atoms with Gasteiger partial charge in [-0.1, -0.05) is 0 Å². The molecule has 2 atom stereocenters. The van der Waals surface area contributed by atoms with E-state index in [0.29, 0.717) is 6.42 Å². The predicted molar refractivity (Wildman–Crippen MR) is 73.3 cm³/mol. The summed E-state index contributed by atoms with van der Waals surface area (Å²) in [5.74, 6) is -2.59. The molecule has 0 aliphatic carbocycles. The van der Waals surface area contributed by atoms with Gasteiger partial charge in [0, 0.05) is 7.05 Å². The molecule has 6 heteroatoms. The van der Waals surface area contributed by atoms with Crippen LogP contribution in [0.5, 0.6) is 5.75 Å². The maximum Gasteiger partial charge on any atom is 0.280 e. The van der Waals surface area contributed by atoms with E-state index in [2.05, 4.69) is 5.43 Å². The Morgan fingerprint density at radius 1 is 1.48 bits per heavy atom. The van der Waals surface area contributed by atoms with E-state index in [4.69, 9.17) is 4.74 Å². The fraction of sp³-hybridized carbons (Fsp3) is 0.533. The minimum absolute atomic E-state index is 0.0386. The number of hydrogen-bond acceptors (Lipinski definition) is 4. The quantitative estimate of drug-likeness (QED) is 0.851. The van der Waals surface area contributed by atoms with Crippen LogP contribution in [-0.4, -0.2) is 31.0 Å². The Morgan fingerprint density at radius 3 is 2.90 bits per heavy atom. The molecule has 0 aromatic heterocycles. The number of halogens is 2. The van der Waals surface area contributed by atoms with Crippen LogP contribution in [0.25, 0.3) is 0 Å². The lowest BCUT2D eigenvalue weighted by atomic mass is 9.91. The van der Waals surface area contributed by atoms with Gasteiger partial charge in [-0.15, -0.1) is 0 Å². The highest BCUT2D eigenvalue weighted by Gasteiger charge is 2.40. The highest BCUT2D eigenvalue weighted by molar-refractivity contribution is 5.58. The Bertz CT molecular complexity index is 577. The number of aldehydes is 1. The van der Waals surface area contributed by atoms with Gasteiger partial charge in [0.25, 0.3) is 5.92 Å². The van der Waals surface area contributed by atoms with Crippen LogP contribution < -0.4 is 10.2 Å². The summed E-state index contributed by atoms with van der Waals surface area (Å²) >= 11 is 0. The summed E-state index contributed by atoms with van der Waals surface area (Å²) in [6.07, 6.45) is 1.13. The van der Waals surface area contributed by atoms with Gasteiger partial charge in [-0.25, -0.2) is 19.2 Å². The first kappa shape index (κ1) is 14.4. The van der Waals surface area contributed by atoms with E-state index >= 15 is 0 Å². The Labute approximate surface area is 122 Å². The number of carbonyl (C=O) groups excluding carboxylic acids is 1. The first-order valence-electron chi connectivity index (χ1n) is 7.02. The number of fused-ring (bicyclic) bond motifs is 1. The van der Waals surface area contributed by atoms with E-state index in [0.717, 1.165) is 17.4 Å². The minimum atomic E-state index is -2.86. The lowest BCUT2D eigenvalue weighted by Gasteiger charge is -2.29. The Morgan fingerprint density at radius 2 is 2.24 bits per heavy atom. The molecule has 0 radical (unpaired) electrons. The molecule has 2 aliphatic rings. The van der Waals surface area contributed by atoms with Crippen LogP contribution in [0.15, 0.2) is 12.1 Å². The van der Waals surface area contributed by atoms with Crippen LogP contribution in [0.3, 0.4) is 0 Å². The Balaban J connectivity index is 2.02. The number of ether oxygens (including phenoxy) is 1. The van der Waals surface area contributed by atoms with Crippen LogP contribution in [0, 0.1) is 6.92 Å². The smallest absolute Gasteiger partial charge is 0.280 e. The molecule has 0 amide bonds. The lowest BCUT2D eigenvalue weighted by molar-refractivity contribution is -0.109. The fourth-order valence-electron chi connectivity index (χ4n) is 3.11. The summed E-state index contributed by atoms with van der Waals surface area (Å²) in [5.41, 5.74) is 4.70. The van der Waals surface area contributed by atoms with Crippen LogP contribution >= 0.6 is 0 Å². The van der Waals surface area contributed by atoms with E-state index in [1.165, 1.54) is 0 Å². The van der Waals surface area contributed by atoms with E-state index in [1.807, 2.05) is 19.0 Å². The average Bonchev–Trinajstić information content (AvgIpc) is 2.79. The van der Waals surface area contributed by atoms with E-state index in [1.54, 1.807) is 12.1 Å². The van der Waals surface area contributed by atoms with Gasteiger partial charge < -0.3 is 9.53 Å². The van der Waals surface area contributed by atoms with E-state index < -0.39 is 5.92 Å². The first-order chi connectivity index (χ1) is 9.92. The number of nitrogens with one attached hydrogen (secondary N) is 1. The topological polar surface area (TPSA) is 41.6 Å². The van der Waals surface area contributed by atoms with Gasteiger partial charge in [-0.05, 0) is 36.6 Å². The fourth-order valence-corrected chi connectivity index (χ4v) is 3.11. The van der Waals surface area contributed by atoms with Gasteiger partial charge >= 0.3 is 0 Å². The predicted octanol–water partition coefficient (Wildman–Crippen LogP) is 2.32. The molecule has 1 aromatic rings. The number of hydrogen-bond donors (Lipinski definition) is 1. The molecule has 0 saturated carbocycles. The molecule has 0 bridgehead atoms. The molecular formula is C15H18F2N2O2. The molecule has 1 saturated heterocycles. The van der Waals surface area contributed by atoms with Crippen molar-refractivity contribution in [1.82, 2.24) is 10.4 Å². The van der Waals surface area contributed by atoms with Crippen molar-refractivity contribution in [2.24, 2.45) is 0 Å². The van der Waals surface area contributed by atoms with Crippen molar-refractivity contribution in [1.29, 1.82) is 0 Å². The minimum Gasteiger partial charge on any atom is -0.493 e. The van der Waals surface area contributed by atoms with Gasteiger partial charge in [0.05, 0.1) is 30.7 Å². The standard InChI is InChI=1S/C15H18F2N2O2/c1-9-5-14-12(15(16,17)3-4-21-14)7-11(9)13-6-10(8-20)18-19(13)2/h5,7-8,10,13,18H,3-4,6H2,1-2H3. The molecule has 2 aliphatic heterocycles. The van der Waals surface area contributed by atoms with Crippen LogP contribution in [-0.2, 0) is 10.7 Å². The molecule has 2 heterocycles. The number of carbonyl (C=O) groups is 1. The summed E-state index contributed by atoms with van der Waals surface area (Å²) in [6.45, 7) is 1.92. The highest BCUT2D eigenvalue weighted by Crippen LogP contribution is 2.44. The summed E-state index contributed by atoms with van der Waals surface area (Å²) < 4.78 is 33.5. The van der Waals surface area contributed by atoms with Gasteiger partial charge in [-0.3, -0.25) is 0 Å². The molecular weight excluding hydrogens is 278 g/mol. The number of alkyl halides is 2. The largest absolute Gasteiger partial charge is 0.493 e. The van der Waals surface area contributed by atoms with Crippen molar-refractivity contribution >= 4 is 6.29 Å². The SMILES string of the molecule is Cc1cc2c(cc1C1CC(C=O)NN1C)C(F)(F)CCO2. The first-order valence-corrected chi connectivity index (χ1v) is 7.02. The molecule has 3 rings (SSSR count). The zero-order chi connectivity index (χ0) is 15.2. The third-order valence-corrected chi connectivity index (χ3v) is 4.27.